The SMILES string of the molecule is Cc1cc(C)c(C(=O)N2CCN(Cc3nc(C)c(C(=O)N(C)C)s3)CC2)c(C)c1. The minimum Gasteiger partial charge on any atom is -0.344 e. The first-order valence-electron chi connectivity index (χ1n) is 9.94. The summed E-state index contributed by atoms with van der Waals surface area (Å²) in [6, 6.07) is 4.15. The lowest BCUT2D eigenvalue weighted by atomic mass is 9.98. The van der Waals surface area contributed by atoms with Crippen molar-refractivity contribution in [2.75, 3.05) is 40.3 Å². The van der Waals surface area contributed by atoms with Crippen molar-refractivity contribution < 1.29 is 9.59 Å². The predicted octanol–water partition coefficient (Wildman–Crippen LogP) is 3.04. The van der Waals surface area contributed by atoms with Gasteiger partial charge in [0.05, 0.1) is 12.2 Å². The molecule has 1 fully saturated rings. The molecular weight excluding hydrogens is 384 g/mol. The molecule has 0 atom stereocenters. The lowest BCUT2D eigenvalue weighted by Gasteiger charge is -2.34. The maximum atomic E-state index is 13.1. The zero-order valence-corrected chi connectivity index (χ0v) is 19.0. The topological polar surface area (TPSA) is 56.8 Å². The largest absolute Gasteiger partial charge is 0.344 e. The van der Waals surface area contributed by atoms with Gasteiger partial charge in [0.15, 0.2) is 0 Å². The molecule has 0 unspecified atom stereocenters. The molecule has 0 radical (unpaired) electrons. The molecule has 0 N–H and O–H groups in total. The van der Waals surface area contributed by atoms with Crippen LogP contribution in [0.4, 0.5) is 0 Å². The van der Waals surface area contributed by atoms with E-state index in [2.05, 4.69) is 28.9 Å². The lowest BCUT2D eigenvalue weighted by molar-refractivity contribution is 0.0626. The molecule has 3 rings (SSSR count). The third-order valence-corrected chi connectivity index (χ3v) is 6.48. The summed E-state index contributed by atoms with van der Waals surface area (Å²) in [6.45, 7) is 11.7. The Morgan fingerprint density at radius 3 is 2.17 bits per heavy atom. The van der Waals surface area contributed by atoms with Crippen molar-refractivity contribution in [3.63, 3.8) is 0 Å². The highest BCUT2D eigenvalue weighted by atomic mass is 32.1. The van der Waals surface area contributed by atoms with Gasteiger partial charge in [0.25, 0.3) is 11.8 Å². The number of amides is 2. The van der Waals surface area contributed by atoms with Crippen molar-refractivity contribution >= 4 is 23.2 Å². The zero-order chi connectivity index (χ0) is 21.3. The number of nitrogens with zero attached hydrogens (tertiary/aromatic N) is 4. The standard InChI is InChI=1S/C22H30N4O2S/c1-14-11-15(2)19(16(3)12-14)21(27)26-9-7-25(8-10-26)13-18-23-17(4)20(29-18)22(28)24(5)6/h11-12H,7-10,13H2,1-6H3. The summed E-state index contributed by atoms with van der Waals surface area (Å²) in [6.07, 6.45) is 0. The van der Waals surface area contributed by atoms with Crippen LogP contribution in [0.15, 0.2) is 12.1 Å². The van der Waals surface area contributed by atoms with Crippen molar-refractivity contribution in [3.8, 4) is 0 Å². The molecule has 2 aromatic rings. The second-order valence-corrected chi connectivity index (χ2v) is 9.15. The van der Waals surface area contributed by atoms with Gasteiger partial charge in [-0.3, -0.25) is 14.5 Å². The second kappa shape index (κ2) is 8.63. The number of benzene rings is 1. The van der Waals surface area contributed by atoms with Crippen LogP contribution in [0.5, 0.6) is 0 Å². The molecule has 156 valence electrons. The smallest absolute Gasteiger partial charge is 0.265 e. The molecular formula is C22H30N4O2S. The Labute approximate surface area is 177 Å². The van der Waals surface area contributed by atoms with E-state index in [0.29, 0.717) is 18.0 Å². The minimum atomic E-state index is 0.00510. The third kappa shape index (κ3) is 4.67. The molecule has 1 aliphatic heterocycles. The highest BCUT2D eigenvalue weighted by Crippen LogP contribution is 2.23. The maximum absolute atomic E-state index is 13.1. The fraction of sp³-hybridized carbons (Fsp3) is 0.500. The average Bonchev–Trinajstić information content (AvgIpc) is 3.00. The van der Waals surface area contributed by atoms with E-state index in [1.807, 2.05) is 25.7 Å². The highest BCUT2D eigenvalue weighted by Gasteiger charge is 2.25. The lowest BCUT2D eigenvalue weighted by Crippen LogP contribution is -2.48. The molecule has 0 spiro atoms. The number of hydrogen-bond donors (Lipinski definition) is 0. The van der Waals surface area contributed by atoms with Crippen molar-refractivity contribution in [1.82, 2.24) is 19.7 Å². The first-order chi connectivity index (χ1) is 13.7. The van der Waals surface area contributed by atoms with E-state index in [-0.39, 0.29) is 11.8 Å². The Hall–Kier alpha value is -2.25. The van der Waals surface area contributed by atoms with E-state index in [4.69, 9.17) is 0 Å². The third-order valence-electron chi connectivity index (χ3n) is 5.35. The molecule has 0 saturated carbocycles. The summed E-state index contributed by atoms with van der Waals surface area (Å²) < 4.78 is 0. The Morgan fingerprint density at radius 2 is 1.62 bits per heavy atom. The van der Waals surface area contributed by atoms with Gasteiger partial charge in [0.2, 0.25) is 0 Å². The van der Waals surface area contributed by atoms with Gasteiger partial charge in [-0.2, -0.15) is 0 Å². The van der Waals surface area contributed by atoms with Gasteiger partial charge in [-0.05, 0) is 38.8 Å². The molecule has 29 heavy (non-hydrogen) atoms. The van der Waals surface area contributed by atoms with Gasteiger partial charge in [-0.15, -0.1) is 11.3 Å². The van der Waals surface area contributed by atoms with Crippen LogP contribution in [-0.2, 0) is 6.54 Å². The van der Waals surface area contributed by atoms with Crippen LogP contribution in [0.25, 0.3) is 0 Å². The van der Waals surface area contributed by atoms with Gasteiger partial charge in [0.1, 0.15) is 9.88 Å². The fourth-order valence-electron chi connectivity index (χ4n) is 3.90. The highest BCUT2D eigenvalue weighted by molar-refractivity contribution is 7.13. The Balaban J connectivity index is 1.62. The van der Waals surface area contributed by atoms with Gasteiger partial charge in [-0.1, -0.05) is 17.7 Å². The summed E-state index contributed by atoms with van der Waals surface area (Å²) in [5, 5.41) is 0.956. The summed E-state index contributed by atoms with van der Waals surface area (Å²) in [4.78, 5) is 36.4. The van der Waals surface area contributed by atoms with Crippen LogP contribution in [-0.4, -0.2) is 71.8 Å². The van der Waals surface area contributed by atoms with E-state index in [1.165, 1.54) is 16.9 Å². The van der Waals surface area contributed by atoms with Crippen molar-refractivity contribution in [2.24, 2.45) is 0 Å². The van der Waals surface area contributed by atoms with Gasteiger partial charge in [0, 0.05) is 45.8 Å². The van der Waals surface area contributed by atoms with Crippen molar-refractivity contribution in [2.45, 2.75) is 34.2 Å². The molecule has 1 aliphatic rings. The molecule has 2 heterocycles. The van der Waals surface area contributed by atoms with Gasteiger partial charge < -0.3 is 9.80 Å². The van der Waals surface area contributed by atoms with E-state index >= 15 is 0 Å². The van der Waals surface area contributed by atoms with Crippen LogP contribution >= 0.6 is 11.3 Å². The summed E-state index contributed by atoms with van der Waals surface area (Å²) in [7, 11) is 3.52. The number of thiazole rings is 1. The fourth-order valence-corrected chi connectivity index (χ4v) is 5.03. The van der Waals surface area contributed by atoms with E-state index < -0.39 is 0 Å². The number of carbonyl (C=O) groups excluding carboxylic acids is 2. The molecule has 6 nitrogen and oxygen atoms in total. The Kier molecular flexibility index (Phi) is 6.39. The number of hydrogen-bond acceptors (Lipinski definition) is 5. The van der Waals surface area contributed by atoms with Crippen LogP contribution in [0.2, 0.25) is 0 Å². The molecule has 1 saturated heterocycles. The van der Waals surface area contributed by atoms with Crippen LogP contribution < -0.4 is 0 Å². The van der Waals surface area contributed by atoms with Crippen LogP contribution in [0.1, 0.15) is 47.4 Å². The molecule has 0 aliphatic carbocycles. The van der Waals surface area contributed by atoms with Crippen molar-refractivity contribution in [3.05, 3.63) is 50.0 Å². The maximum Gasteiger partial charge on any atom is 0.265 e. The van der Waals surface area contributed by atoms with E-state index in [9.17, 15) is 9.59 Å². The average molecular weight is 415 g/mol. The van der Waals surface area contributed by atoms with E-state index in [1.54, 1.807) is 19.0 Å². The minimum absolute atomic E-state index is 0.00510. The quantitative estimate of drug-likeness (QED) is 0.772. The normalized spacial score (nSPS) is 14.9. The number of carbonyl (C=O) groups is 2. The number of aryl methyl sites for hydroxylation is 4. The Bertz CT molecular complexity index is 904. The molecule has 1 aromatic carbocycles. The van der Waals surface area contributed by atoms with Crippen LogP contribution in [0, 0.1) is 27.7 Å². The molecule has 7 heteroatoms. The van der Waals surface area contributed by atoms with Crippen molar-refractivity contribution in [1.29, 1.82) is 0 Å². The first-order valence-corrected chi connectivity index (χ1v) is 10.8. The summed E-state index contributed by atoms with van der Waals surface area (Å²) >= 11 is 1.47. The predicted molar refractivity (Wildman–Crippen MR) is 117 cm³/mol. The molecule has 1 aromatic heterocycles. The van der Waals surface area contributed by atoms with Gasteiger partial charge in [-0.25, -0.2) is 4.98 Å². The number of rotatable bonds is 4. The molecule has 0 bridgehead atoms. The second-order valence-electron chi connectivity index (χ2n) is 8.06. The Morgan fingerprint density at radius 1 is 1.03 bits per heavy atom. The van der Waals surface area contributed by atoms with Crippen LogP contribution in [0.3, 0.4) is 0 Å². The zero-order valence-electron chi connectivity index (χ0n) is 18.2. The monoisotopic (exact) mass is 414 g/mol. The van der Waals surface area contributed by atoms with E-state index in [0.717, 1.165) is 47.0 Å². The molecule has 2 amide bonds. The summed E-state index contributed by atoms with van der Waals surface area (Å²) in [5.74, 6) is 0.133. The first kappa shape index (κ1) is 21.5. The van der Waals surface area contributed by atoms with Gasteiger partial charge >= 0.3 is 0 Å². The summed E-state index contributed by atoms with van der Waals surface area (Å²) in [5.41, 5.74) is 4.92. The number of aromatic nitrogens is 1. The number of piperazine rings is 1.